The number of rotatable bonds is 8. The van der Waals surface area contributed by atoms with Crippen molar-refractivity contribution in [2.75, 3.05) is 0 Å². The van der Waals surface area contributed by atoms with Gasteiger partial charge in [0.1, 0.15) is 5.76 Å². The summed E-state index contributed by atoms with van der Waals surface area (Å²) < 4.78 is 5.60. The Labute approximate surface area is 161 Å². The van der Waals surface area contributed by atoms with Gasteiger partial charge in [0, 0.05) is 26.5 Å². The smallest absolute Gasteiger partial charge is 0.227 e. The fourth-order valence-electron chi connectivity index (χ4n) is 2.67. The Bertz CT molecular complexity index is 762. The Morgan fingerprint density at radius 2 is 1.41 bits per heavy atom. The van der Waals surface area contributed by atoms with Gasteiger partial charge >= 0.3 is 0 Å². The highest BCUT2D eigenvalue weighted by molar-refractivity contribution is 5.75. The highest BCUT2D eigenvalue weighted by Crippen LogP contribution is 2.40. The number of hydrogen-bond donors (Lipinski definition) is 4. The third kappa shape index (κ3) is 6.27. The zero-order valence-electron chi connectivity index (χ0n) is 14.9. The number of hydrogen-bond acceptors (Lipinski definition) is 6. The molecule has 0 unspecified atom stereocenters. The molecule has 1 heterocycles. The summed E-state index contributed by atoms with van der Waals surface area (Å²) in [7, 11) is 0. The second-order valence-electron chi connectivity index (χ2n) is 6.14. The van der Waals surface area contributed by atoms with Crippen LogP contribution in [0, 0.1) is 0 Å². The first-order valence-electron chi connectivity index (χ1n) is 8.55. The van der Waals surface area contributed by atoms with Crippen molar-refractivity contribution in [2.24, 2.45) is 0 Å². The molecule has 147 valence electrons. The predicted octanol–water partition coefficient (Wildman–Crippen LogP) is 4.29. The van der Waals surface area contributed by atoms with E-state index in [0.29, 0.717) is 12.2 Å². The van der Waals surface area contributed by atoms with Gasteiger partial charge in [0.05, 0.1) is 0 Å². The van der Waals surface area contributed by atoms with Crippen molar-refractivity contribution < 1.29 is 24.8 Å². The molecule has 2 aromatic rings. The topological polar surface area (TPSA) is 111 Å². The number of aryl methyl sites for hydroxylation is 1. The van der Waals surface area contributed by atoms with E-state index in [1.54, 1.807) is 0 Å². The third-order valence-electron chi connectivity index (χ3n) is 4.08. The second-order valence-corrected chi connectivity index (χ2v) is 6.14. The van der Waals surface area contributed by atoms with Gasteiger partial charge in [-0.3, -0.25) is 4.79 Å². The van der Waals surface area contributed by atoms with E-state index in [0.717, 1.165) is 31.4 Å². The standard InChI is InChI=1S/C19H24O6.CH4.B/c1-2-3-4-5-6-7-8-13-11-16(22)18(24)19(25-13)12-9-14(20)17(23)15(21)10-12;;/h9-11,20-21,23-24H,2-8H2,1H3;1H4;. The van der Waals surface area contributed by atoms with Crippen LogP contribution in [0.25, 0.3) is 11.3 Å². The number of unbranched alkanes of at least 4 members (excludes halogenated alkanes) is 5. The van der Waals surface area contributed by atoms with Gasteiger partial charge in [0.15, 0.2) is 23.0 Å². The van der Waals surface area contributed by atoms with Crippen LogP contribution in [-0.2, 0) is 6.42 Å². The Morgan fingerprint density at radius 3 is 2.00 bits per heavy atom. The molecule has 0 aliphatic rings. The molecule has 1 aromatic heterocycles. The minimum atomic E-state index is -0.672. The third-order valence-corrected chi connectivity index (χ3v) is 4.08. The van der Waals surface area contributed by atoms with E-state index in [1.165, 1.54) is 25.3 Å². The van der Waals surface area contributed by atoms with E-state index < -0.39 is 28.4 Å². The zero-order chi connectivity index (χ0) is 18.4. The quantitative estimate of drug-likeness (QED) is 0.311. The molecule has 0 saturated heterocycles. The highest BCUT2D eigenvalue weighted by atomic mass is 16.4. The molecule has 0 fully saturated rings. The molecule has 3 radical (unpaired) electrons. The maximum absolute atomic E-state index is 12.0. The maximum Gasteiger partial charge on any atom is 0.227 e. The van der Waals surface area contributed by atoms with Crippen molar-refractivity contribution in [3.63, 3.8) is 0 Å². The monoisotopic (exact) mass is 375 g/mol. The molecule has 7 heteroatoms. The molecule has 0 aliphatic heterocycles. The Morgan fingerprint density at radius 1 is 0.852 bits per heavy atom. The fraction of sp³-hybridized carbons (Fsp3) is 0.450. The molecule has 2 rings (SSSR count). The van der Waals surface area contributed by atoms with Gasteiger partial charge in [-0.25, -0.2) is 0 Å². The predicted molar refractivity (Wildman–Crippen MR) is 107 cm³/mol. The van der Waals surface area contributed by atoms with Gasteiger partial charge in [0.2, 0.25) is 11.2 Å². The van der Waals surface area contributed by atoms with Crippen LogP contribution in [0.3, 0.4) is 0 Å². The Hall–Kier alpha value is -2.57. The number of aromatic hydroxyl groups is 4. The normalized spacial score (nSPS) is 10.1. The summed E-state index contributed by atoms with van der Waals surface area (Å²) in [6.45, 7) is 2.16. The summed E-state index contributed by atoms with van der Waals surface area (Å²) in [5.41, 5.74) is -0.485. The molecule has 0 saturated carbocycles. The van der Waals surface area contributed by atoms with Crippen molar-refractivity contribution in [1.82, 2.24) is 0 Å². The highest BCUT2D eigenvalue weighted by Gasteiger charge is 2.17. The van der Waals surface area contributed by atoms with Crippen LogP contribution in [0.4, 0.5) is 0 Å². The summed E-state index contributed by atoms with van der Waals surface area (Å²) in [6, 6.07) is 3.48. The summed E-state index contributed by atoms with van der Waals surface area (Å²) in [5, 5.41) is 38.6. The van der Waals surface area contributed by atoms with E-state index in [4.69, 9.17) is 4.42 Å². The van der Waals surface area contributed by atoms with Gasteiger partial charge in [0.25, 0.3) is 0 Å². The van der Waals surface area contributed by atoms with Crippen molar-refractivity contribution in [1.29, 1.82) is 0 Å². The van der Waals surface area contributed by atoms with Crippen LogP contribution in [0.2, 0.25) is 0 Å². The average molecular weight is 375 g/mol. The summed E-state index contributed by atoms with van der Waals surface area (Å²) in [6.07, 6.45) is 7.17. The van der Waals surface area contributed by atoms with Crippen molar-refractivity contribution in [3.05, 3.63) is 34.2 Å². The van der Waals surface area contributed by atoms with Crippen LogP contribution in [0.5, 0.6) is 23.0 Å². The second kappa shape index (κ2) is 11.2. The van der Waals surface area contributed by atoms with Crippen LogP contribution >= 0.6 is 0 Å². The molecule has 0 aliphatic carbocycles. The van der Waals surface area contributed by atoms with Crippen molar-refractivity contribution in [2.45, 2.75) is 59.3 Å². The molecular weight excluding hydrogens is 347 g/mol. The van der Waals surface area contributed by atoms with Crippen LogP contribution < -0.4 is 5.43 Å². The van der Waals surface area contributed by atoms with Gasteiger partial charge in [-0.05, 0) is 18.6 Å². The number of phenolic OH excluding ortho intramolecular Hbond substituents is 3. The first kappa shape index (κ1) is 24.4. The minimum absolute atomic E-state index is 0. The SMILES string of the molecule is C.CCCCCCCCc1cc(=O)c(O)c(-c2cc(O)c(O)c(O)c2)o1.[B]. The molecule has 27 heavy (non-hydrogen) atoms. The number of benzene rings is 1. The molecule has 4 N–H and O–H groups in total. The minimum Gasteiger partial charge on any atom is -0.504 e. The van der Waals surface area contributed by atoms with E-state index in [9.17, 15) is 25.2 Å². The van der Waals surface area contributed by atoms with Gasteiger partial charge in [-0.15, -0.1) is 0 Å². The molecule has 0 atom stereocenters. The molecule has 6 nitrogen and oxygen atoms in total. The summed E-state index contributed by atoms with van der Waals surface area (Å²) in [5.74, 6) is -2.12. The zero-order valence-corrected chi connectivity index (χ0v) is 14.9. The van der Waals surface area contributed by atoms with E-state index in [-0.39, 0.29) is 27.2 Å². The first-order valence-corrected chi connectivity index (χ1v) is 8.55. The van der Waals surface area contributed by atoms with E-state index >= 15 is 0 Å². The van der Waals surface area contributed by atoms with E-state index in [2.05, 4.69) is 6.92 Å². The summed E-state index contributed by atoms with van der Waals surface area (Å²) in [4.78, 5) is 12.0. The molecule has 1 aromatic carbocycles. The molecule has 0 amide bonds. The van der Waals surface area contributed by atoms with Crippen LogP contribution in [0.15, 0.2) is 27.4 Å². The average Bonchev–Trinajstić information content (AvgIpc) is 2.58. The molecule has 0 spiro atoms. The lowest BCUT2D eigenvalue weighted by atomic mass is 10.1. The lowest BCUT2D eigenvalue weighted by molar-refractivity contribution is 0.367. The van der Waals surface area contributed by atoms with Crippen molar-refractivity contribution >= 4 is 8.41 Å². The summed E-state index contributed by atoms with van der Waals surface area (Å²) >= 11 is 0. The van der Waals surface area contributed by atoms with Crippen LogP contribution in [-0.4, -0.2) is 28.8 Å². The maximum atomic E-state index is 12.0. The van der Waals surface area contributed by atoms with Gasteiger partial charge in [-0.1, -0.05) is 46.5 Å². The van der Waals surface area contributed by atoms with Crippen molar-refractivity contribution in [3.8, 4) is 34.3 Å². The Balaban J connectivity index is 0.00000338. The first-order chi connectivity index (χ1) is 11.9. The lowest BCUT2D eigenvalue weighted by Gasteiger charge is -2.09. The number of phenols is 3. The van der Waals surface area contributed by atoms with Crippen LogP contribution in [0.1, 0.15) is 58.6 Å². The fourth-order valence-corrected chi connectivity index (χ4v) is 2.67. The molecule has 0 bridgehead atoms. The largest absolute Gasteiger partial charge is 0.504 e. The molecular formula is C20H28BO6. The lowest BCUT2D eigenvalue weighted by Crippen LogP contribution is -2.03. The van der Waals surface area contributed by atoms with E-state index in [1.807, 2.05) is 0 Å². The van der Waals surface area contributed by atoms with Gasteiger partial charge < -0.3 is 24.8 Å². The van der Waals surface area contributed by atoms with Gasteiger partial charge in [-0.2, -0.15) is 0 Å². The Kier molecular flexibility index (Phi) is 10.1.